The molecule has 0 aromatic carbocycles. The zero-order valence-electron chi connectivity index (χ0n) is 3.78. The van der Waals surface area contributed by atoms with Gasteiger partial charge >= 0.3 is 0 Å². The molecule has 0 saturated carbocycles. The lowest BCUT2D eigenvalue weighted by Gasteiger charge is -2.02. The van der Waals surface area contributed by atoms with E-state index in [9.17, 15) is 0 Å². The molecule has 1 heterocycles. The van der Waals surface area contributed by atoms with Crippen LogP contribution in [0.25, 0.3) is 0 Å². The molecule has 1 rings (SSSR count). The van der Waals surface area contributed by atoms with Crippen LogP contribution in [0.15, 0.2) is 12.3 Å². The van der Waals surface area contributed by atoms with Crippen molar-refractivity contribution in [1.29, 1.82) is 0 Å². The molecule has 0 aromatic rings. The largest absolute Gasteiger partial charge is 0.391 e. The Bertz CT molecular complexity index is 49.2. The summed E-state index contributed by atoms with van der Waals surface area (Å²) in [6.45, 7) is 1.16. The fourth-order valence-corrected chi connectivity index (χ4v) is 0.572. The molecule has 42 valence electrons. The average molecular weight is 99.2 g/mol. The Morgan fingerprint density at radius 2 is 2.29 bits per heavy atom. The molecule has 1 N–H and O–H groups in total. The van der Waals surface area contributed by atoms with Crippen LogP contribution in [-0.2, 0) is 0 Å². The van der Waals surface area contributed by atoms with Crippen LogP contribution in [-0.4, -0.2) is 6.54 Å². The van der Waals surface area contributed by atoms with Crippen molar-refractivity contribution < 1.29 is 0 Å². The van der Waals surface area contributed by atoms with Gasteiger partial charge in [-0.25, -0.2) is 0 Å². The number of nitrogens with one attached hydrogen (secondary N) is 1. The van der Waals surface area contributed by atoms with Crippen LogP contribution >= 0.6 is 0 Å². The molecule has 0 aromatic heterocycles. The smallest absolute Gasteiger partial charge is 0.0144 e. The van der Waals surface area contributed by atoms with Crippen molar-refractivity contribution in [1.82, 2.24) is 5.32 Å². The molecule has 0 amide bonds. The van der Waals surface area contributed by atoms with Crippen molar-refractivity contribution in [2.24, 2.45) is 0 Å². The molecule has 0 fully saturated rings. The Morgan fingerprint density at radius 1 is 1.43 bits per heavy atom. The van der Waals surface area contributed by atoms with E-state index in [-0.39, 0.29) is 7.43 Å². The number of allylic oxidation sites excluding steroid dienone is 1. The Morgan fingerprint density at radius 3 is 2.43 bits per heavy atom. The van der Waals surface area contributed by atoms with Gasteiger partial charge in [0.25, 0.3) is 0 Å². The second-order valence-electron chi connectivity index (χ2n) is 1.50. The van der Waals surface area contributed by atoms with Gasteiger partial charge in [-0.3, -0.25) is 0 Å². The van der Waals surface area contributed by atoms with Crippen molar-refractivity contribution >= 4 is 0 Å². The molecule has 1 heteroatoms. The van der Waals surface area contributed by atoms with Crippen molar-refractivity contribution in [3.63, 3.8) is 0 Å². The minimum Gasteiger partial charge on any atom is -0.391 e. The van der Waals surface area contributed by atoms with Gasteiger partial charge in [0.05, 0.1) is 0 Å². The summed E-state index contributed by atoms with van der Waals surface area (Å²) >= 11 is 0. The van der Waals surface area contributed by atoms with Crippen molar-refractivity contribution in [3.8, 4) is 0 Å². The van der Waals surface area contributed by atoms with Crippen LogP contribution in [0.1, 0.15) is 20.3 Å². The van der Waals surface area contributed by atoms with Gasteiger partial charge in [0.2, 0.25) is 0 Å². The van der Waals surface area contributed by atoms with Gasteiger partial charge in [0, 0.05) is 6.54 Å². The van der Waals surface area contributed by atoms with Crippen molar-refractivity contribution in [3.05, 3.63) is 12.3 Å². The summed E-state index contributed by atoms with van der Waals surface area (Å²) in [5, 5.41) is 3.10. The monoisotopic (exact) mass is 99.1 g/mol. The van der Waals surface area contributed by atoms with Gasteiger partial charge in [0.1, 0.15) is 0 Å². The minimum atomic E-state index is 0. The maximum absolute atomic E-state index is 3.10. The van der Waals surface area contributed by atoms with E-state index < -0.39 is 0 Å². The zero-order chi connectivity index (χ0) is 4.24. The summed E-state index contributed by atoms with van der Waals surface area (Å²) < 4.78 is 0. The highest BCUT2D eigenvalue weighted by Crippen LogP contribution is 1.91. The summed E-state index contributed by atoms with van der Waals surface area (Å²) in [5.41, 5.74) is 0. The van der Waals surface area contributed by atoms with Crippen LogP contribution in [0.2, 0.25) is 0 Å². The molecule has 1 aliphatic heterocycles. The fourth-order valence-electron chi connectivity index (χ4n) is 0.572. The van der Waals surface area contributed by atoms with E-state index in [0.717, 1.165) is 6.54 Å². The Balaban J connectivity index is 0.000000360. The molecule has 0 bridgehead atoms. The Kier molecular flexibility index (Phi) is 3.48. The zero-order valence-corrected chi connectivity index (χ0v) is 3.78. The lowest BCUT2D eigenvalue weighted by Crippen LogP contribution is -2.09. The molecule has 7 heavy (non-hydrogen) atoms. The second kappa shape index (κ2) is 3.72. The van der Waals surface area contributed by atoms with Gasteiger partial charge in [-0.15, -0.1) is 0 Å². The lowest BCUT2D eigenvalue weighted by atomic mass is 10.2. The summed E-state index contributed by atoms with van der Waals surface area (Å²) in [6, 6.07) is 0. The molecule has 0 unspecified atom stereocenters. The second-order valence-corrected chi connectivity index (χ2v) is 1.50. The summed E-state index contributed by atoms with van der Waals surface area (Å²) in [4.78, 5) is 0. The van der Waals surface area contributed by atoms with Crippen LogP contribution in [0.4, 0.5) is 0 Å². The van der Waals surface area contributed by atoms with Gasteiger partial charge in [-0.1, -0.05) is 13.5 Å². The van der Waals surface area contributed by atoms with Crippen LogP contribution in [0.3, 0.4) is 0 Å². The highest BCUT2D eigenvalue weighted by molar-refractivity contribution is 4.83. The molecular weight excluding hydrogens is 86.1 g/mol. The lowest BCUT2D eigenvalue weighted by molar-refractivity contribution is 0.728. The van der Waals surface area contributed by atoms with Gasteiger partial charge in [-0.05, 0) is 19.0 Å². The average Bonchev–Trinajstić information content (AvgIpc) is 1.72. The highest BCUT2D eigenvalue weighted by Gasteiger charge is 1.84. The van der Waals surface area contributed by atoms with Crippen molar-refractivity contribution in [2.75, 3.05) is 6.54 Å². The number of hydrogen-bond acceptors (Lipinski definition) is 1. The normalized spacial score (nSPS) is 17.1. The third kappa shape index (κ3) is 2.26. The molecule has 1 nitrogen and oxygen atoms in total. The fraction of sp³-hybridized carbons (Fsp3) is 0.667. The number of hydrogen-bond donors (Lipinski definition) is 1. The van der Waals surface area contributed by atoms with E-state index in [1.807, 2.05) is 6.20 Å². The first-order valence-electron chi connectivity index (χ1n) is 2.38. The van der Waals surface area contributed by atoms with Crippen molar-refractivity contribution in [2.45, 2.75) is 20.3 Å². The van der Waals surface area contributed by atoms with E-state index in [1.165, 1.54) is 12.8 Å². The minimum absolute atomic E-state index is 0. The van der Waals surface area contributed by atoms with E-state index in [4.69, 9.17) is 0 Å². The molecule has 0 aliphatic carbocycles. The maximum Gasteiger partial charge on any atom is 0.0144 e. The SMILES string of the molecule is C.C1=CNCCC1. The maximum atomic E-state index is 3.10. The first-order valence-corrected chi connectivity index (χ1v) is 2.38. The van der Waals surface area contributed by atoms with Gasteiger partial charge in [-0.2, -0.15) is 0 Å². The third-order valence-electron chi connectivity index (χ3n) is 0.928. The number of rotatable bonds is 0. The summed E-state index contributed by atoms with van der Waals surface area (Å²) in [7, 11) is 0. The predicted molar refractivity (Wildman–Crippen MR) is 33.1 cm³/mol. The molecular formula is C6H13N. The van der Waals surface area contributed by atoms with E-state index in [1.54, 1.807) is 0 Å². The van der Waals surface area contributed by atoms with Crippen LogP contribution < -0.4 is 5.32 Å². The third-order valence-corrected chi connectivity index (χ3v) is 0.928. The molecule has 0 atom stereocenters. The van der Waals surface area contributed by atoms with Gasteiger partial charge < -0.3 is 5.32 Å². The van der Waals surface area contributed by atoms with E-state index in [0.29, 0.717) is 0 Å². The van der Waals surface area contributed by atoms with E-state index in [2.05, 4.69) is 11.4 Å². The van der Waals surface area contributed by atoms with Crippen LogP contribution in [0, 0.1) is 0 Å². The van der Waals surface area contributed by atoms with E-state index >= 15 is 0 Å². The first kappa shape index (κ1) is 6.54. The molecule has 0 spiro atoms. The van der Waals surface area contributed by atoms with Crippen LogP contribution in [0.5, 0.6) is 0 Å². The first-order chi connectivity index (χ1) is 3.00. The summed E-state index contributed by atoms with van der Waals surface area (Å²) in [5.74, 6) is 0. The Hall–Kier alpha value is -0.460. The quantitative estimate of drug-likeness (QED) is 0.485. The molecule has 0 saturated heterocycles. The predicted octanol–water partition coefficient (Wildman–Crippen LogP) is 1.52. The highest BCUT2D eigenvalue weighted by atomic mass is 14.8. The topological polar surface area (TPSA) is 12.0 Å². The molecule has 1 aliphatic rings. The molecule has 0 radical (unpaired) electrons. The standard InChI is InChI=1S/C5H9N.CH4/c1-2-4-6-5-3-1;/h2,4,6H,1,3,5H2;1H4. The summed E-state index contributed by atoms with van der Waals surface area (Å²) in [6.07, 6.45) is 6.73. The van der Waals surface area contributed by atoms with Gasteiger partial charge in [0.15, 0.2) is 0 Å². The Labute approximate surface area is 45.4 Å².